The van der Waals surface area contributed by atoms with E-state index in [1.807, 2.05) is 102 Å². The standard InChI is InChI=1S/C14H21N3O.2C13H20N4O.CH4/c1-9(2)14(18)13(16)8-11-4-6-12(7-5-11)17-10(3)15;1-8(2)12(18)11(14)7-9-4-3-5-10(6-9)17-13(15)16;1-8(2)12(18)10(14)7-9-5-3-4-6-11(9)17-13(15)16;/h4-7,9,13H,8,16H2,1-3H3,(H2,15,17);3-6,8,11H,7,14H2,1-2H3,(H4,15,16,17);3-6,8,10H,7,14H2,1-2H3,(H4,15,16,17);1H4. The molecule has 302 valence electrons. The summed E-state index contributed by atoms with van der Waals surface area (Å²) in [5.74, 6) is 0.557. The van der Waals surface area contributed by atoms with Crippen molar-refractivity contribution in [2.45, 2.75) is 93.3 Å². The Bertz CT molecular complexity index is 1740. The van der Waals surface area contributed by atoms with Gasteiger partial charge in [-0.2, -0.15) is 0 Å². The van der Waals surface area contributed by atoms with Crippen LogP contribution in [0.25, 0.3) is 0 Å². The molecule has 3 unspecified atom stereocenters. The van der Waals surface area contributed by atoms with Crippen LogP contribution in [-0.4, -0.2) is 53.2 Å². The lowest BCUT2D eigenvalue weighted by Gasteiger charge is -2.14. The molecule has 0 saturated carbocycles. The number of carbonyl (C=O) groups is 3. The van der Waals surface area contributed by atoms with Crippen LogP contribution in [0.5, 0.6) is 0 Å². The maximum atomic E-state index is 11.8. The topological polar surface area (TPSA) is 296 Å². The van der Waals surface area contributed by atoms with Gasteiger partial charge in [-0.25, -0.2) is 15.0 Å². The van der Waals surface area contributed by atoms with Crippen molar-refractivity contribution in [3.05, 3.63) is 89.5 Å². The molecule has 0 amide bonds. The van der Waals surface area contributed by atoms with Gasteiger partial charge in [0.05, 0.1) is 41.0 Å². The van der Waals surface area contributed by atoms with Gasteiger partial charge in [-0.1, -0.05) is 91.4 Å². The Morgan fingerprint density at radius 3 is 1.44 bits per heavy atom. The number of hydrogen-bond donors (Lipinski definition) is 8. The molecule has 3 aromatic carbocycles. The molecular weight excluding hydrogens is 695 g/mol. The Morgan fingerprint density at radius 1 is 0.527 bits per heavy atom. The van der Waals surface area contributed by atoms with E-state index in [4.69, 9.17) is 45.9 Å². The fourth-order valence-electron chi connectivity index (χ4n) is 5.07. The van der Waals surface area contributed by atoms with Crippen LogP contribution in [0.3, 0.4) is 0 Å². The maximum absolute atomic E-state index is 11.8. The third-order valence-electron chi connectivity index (χ3n) is 7.81. The Morgan fingerprint density at radius 2 is 0.982 bits per heavy atom. The summed E-state index contributed by atoms with van der Waals surface area (Å²) in [6.07, 6.45) is 1.48. The number of carbonyl (C=O) groups excluding carboxylic acids is 3. The van der Waals surface area contributed by atoms with Crippen LogP contribution in [-0.2, 0) is 33.6 Å². The summed E-state index contributed by atoms with van der Waals surface area (Å²) in [5.41, 5.74) is 49.5. The summed E-state index contributed by atoms with van der Waals surface area (Å²) in [7, 11) is 0. The second-order valence-corrected chi connectivity index (χ2v) is 13.9. The highest BCUT2D eigenvalue weighted by Crippen LogP contribution is 2.21. The third kappa shape index (κ3) is 19.5. The van der Waals surface area contributed by atoms with E-state index in [0.717, 1.165) is 22.4 Å². The van der Waals surface area contributed by atoms with E-state index in [1.165, 1.54) is 0 Å². The molecular formula is C41H65N11O3. The highest BCUT2D eigenvalue weighted by atomic mass is 16.1. The number of benzene rings is 3. The first-order valence-electron chi connectivity index (χ1n) is 17.8. The van der Waals surface area contributed by atoms with Crippen LogP contribution >= 0.6 is 0 Å². The molecule has 0 bridgehead atoms. The average Bonchev–Trinajstić information content (AvgIpc) is 3.08. The molecule has 55 heavy (non-hydrogen) atoms. The van der Waals surface area contributed by atoms with Crippen molar-refractivity contribution >= 4 is 52.2 Å². The van der Waals surface area contributed by atoms with E-state index in [-0.39, 0.29) is 54.4 Å². The molecule has 14 nitrogen and oxygen atoms in total. The van der Waals surface area contributed by atoms with E-state index < -0.39 is 18.1 Å². The van der Waals surface area contributed by atoms with Crippen molar-refractivity contribution in [2.24, 2.45) is 78.6 Å². The molecule has 0 saturated heterocycles. The van der Waals surface area contributed by atoms with Crippen molar-refractivity contribution in [1.82, 2.24) is 0 Å². The molecule has 0 aliphatic heterocycles. The van der Waals surface area contributed by atoms with Gasteiger partial charge >= 0.3 is 0 Å². The van der Waals surface area contributed by atoms with Crippen molar-refractivity contribution in [3.8, 4) is 0 Å². The Labute approximate surface area is 327 Å². The maximum Gasteiger partial charge on any atom is 0.191 e. The van der Waals surface area contributed by atoms with E-state index in [0.29, 0.717) is 36.5 Å². The zero-order valence-corrected chi connectivity index (χ0v) is 32.7. The van der Waals surface area contributed by atoms with Crippen molar-refractivity contribution in [3.63, 3.8) is 0 Å². The molecule has 3 atom stereocenters. The molecule has 0 heterocycles. The van der Waals surface area contributed by atoms with E-state index in [9.17, 15) is 14.4 Å². The van der Waals surface area contributed by atoms with Crippen LogP contribution < -0.4 is 45.9 Å². The number of guanidine groups is 2. The predicted molar refractivity (Wildman–Crippen MR) is 229 cm³/mol. The van der Waals surface area contributed by atoms with Gasteiger partial charge in [0.1, 0.15) is 0 Å². The minimum absolute atomic E-state index is 0. The van der Waals surface area contributed by atoms with Crippen LogP contribution in [0.4, 0.5) is 17.1 Å². The average molecular weight is 760 g/mol. The first kappa shape index (κ1) is 49.6. The lowest BCUT2D eigenvalue weighted by Crippen LogP contribution is -2.35. The Balaban J connectivity index is 0.000000788. The van der Waals surface area contributed by atoms with Crippen LogP contribution in [0.1, 0.15) is 72.6 Å². The highest BCUT2D eigenvalue weighted by Gasteiger charge is 2.19. The normalized spacial score (nSPS) is 12.5. The second kappa shape index (κ2) is 24.8. The van der Waals surface area contributed by atoms with Gasteiger partial charge in [0.15, 0.2) is 29.3 Å². The summed E-state index contributed by atoms with van der Waals surface area (Å²) >= 11 is 0. The van der Waals surface area contributed by atoms with Gasteiger partial charge in [0.2, 0.25) is 0 Å². The first-order chi connectivity index (χ1) is 25.2. The van der Waals surface area contributed by atoms with Gasteiger partial charge < -0.3 is 45.9 Å². The van der Waals surface area contributed by atoms with Crippen molar-refractivity contribution in [1.29, 1.82) is 0 Å². The lowest BCUT2D eigenvalue weighted by atomic mass is 9.96. The second-order valence-electron chi connectivity index (χ2n) is 13.9. The predicted octanol–water partition coefficient (Wildman–Crippen LogP) is 3.80. The summed E-state index contributed by atoms with van der Waals surface area (Å²) in [5, 5.41) is 0. The molecule has 0 aliphatic rings. The van der Waals surface area contributed by atoms with Gasteiger partial charge in [-0.15, -0.1) is 0 Å². The zero-order valence-electron chi connectivity index (χ0n) is 32.7. The third-order valence-corrected chi connectivity index (χ3v) is 7.81. The van der Waals surface area contributed by atoms with E-state index >= 15 is 0 Å². The number of Topliss-reactive ketones (excluding diaryl/α,β-unsaturated/α-hetero) is 3. The molecule has 16 N–H and O–H groups in total. The molecule has 3 rings (SSSR count). The van der Waals surface area contributed by atoms with Crippen molar-refractivity contribution in [2.75, 3.05) is 0 Å². The van der Waals surface area contributed by atoms with Crippen LogP contribution in [0, 0.1) is 17.8 Å². The largest absolute Gasteiger partial charge is 0.387 e. The summed E-state index contributed by atoms with van der Waals surface area (Å²) in [4.78, 5) is 47.3. The van der Waals surface area contributed by atoms with E-state index in [1.54, 1.807) is 19.1 Å². The molecule has 0 spiro atoms. The number of ketones is 3. The van der Waals surface area contributed by atoms with Crippen LogP contribution in [0.15, 0.2) is 87.8 Å². The number of hydrogen-bond acceptors (Lipinski definition) is 9. The number of para-hydroxylation sites is 1. The van der Waals surface area contributed by atoms with Gasteiger partial charge in [0, 0.05) is 17.8 Å². The smallest absolute Gasteiger partial charge is 0.191 e. The molecule has 0 radical (unpaired) electrons. The molecule has 3 aromatic rings. The minimum Gasteiger partial charge on any atom is -0.387 e. The Hall–Kier alpha value is -5.44. The minimum atomic E-state index is -0.527. The number of rotatable bonds is 15. The quantitative estimate of drug-likeness (QED) is 0.0814. The molecule has 14 heteroatoms. The zero-order chi connectivity index (χ0) is 41.1. The SMILES string of the molecule is C.CC(C)C(=O)C(N)Cc1cccc(N=C(N)N)c1.CC(C)C(=O)C(N)Cc1ccccc1N=C(N)N.CC(N)=Nc1ccc(CC(N)C(=O)C(C)C)cc1. The number of aliphatic imine (C=N–C) groups is 3. The number of amidine groups is 1. The van der Waals surface area contributed by atoms with Gasteiger partial charge in [-0.05, 0) is 73.2 Å². The molecule has 0 aliphatic carbocycles. The summed E-state index contributed by atoms with van der Waals surface area (Å²) in [6, 6.07) is 20.9. The fourth-order valence-corrected chi connectivity index (χ4v) is 5.07. The summed E-state index contributed by atoms with van der Waals surface area (Å²) in [6.45, 7) is 12.8. The van der Waals surface area contributed by atoms with Gasteiger partial charge in [0.25, 0.3) is 0 Å². The van der Waals surface area contributed by atoms with Crippen molar-refractivity contribution < 1.29 is 14.4 Å². The van der Waals surface area contributed by atoms with Crippen LogP contribution in [0.2, 0.25) is 0 Å². The first-order valence-corrected chi connectivity index (χ1v) is 17.8. The number of nitrogens with zero attached hydrogens (tertiary/aromatic N) is 3. The summed E-state index contributed by atoms with van der Waals surface area (Å²) < 4.78 is 0. The lowest BCUT2D eigenvalue weighted by molar-refractivity contribution is -0.123. The monoisotopic (exact) mass is 760 g/mol. The molecule has 0 fully saturated rings. The molecule has 0 aromatic heterocycles. The number of nitrogens with two attached hydrogens (primary N) is 8. The van der Waals surface area contributed by atoms with E-state index in [2.05, 4.69) is 15.0 Å². The fraction of sp³-hybridized carbons (Fsp3) is 0.415. The Kier molecular flexibility index (Phi) is 22.3. The van der Waals surface area contributed by atoms with Gasteiger partial charge in [-0.3, -0.25) is 14.4 Å². The highest BCUT2D eigenvalue weighted by molar-refractivity contribution is 5.87.